The minimum atomic E-state index is -0.648. The van der Waals surface area contributed by atoms with E-state index in [4.69, 9.17) is 0 Å². The van der Waals surface area contributed by atoms with Crippen LogP contribution in [0, 0.1) is 19.7 Å². The first kappa shape index (κ1) is 19.5. The molecule has 10 heteroatoms. The van der Waals surface area contributed by atoms with Crippen molar-refractivity contribution in [1.29, 1.82) is 0 Å². The van der Waals surface area contributed by atoms with Crippen molar-refractivity contribution in [3.63, 3.8) is 0 Å². The van der Waals surface area contributed by atoms with Gasteiger partial charge in [-0.25, -0.2) is 23.9 Å². The SMILES string of the molecule is Cc1ncc(C)c(-c2cn[nH]c2C(=O)Nc2cc3nc(-c4ccccc4)nn3cc2F)n1. The largest absolute Gasteiger partial charge is 0.318 e. The van der Waals surface area contributed by atoms with E-state index in [0.29, 0.717) is 28.6 Å². The Bertz CT molecular complexity index is 1460. The van der Waals surface area contributed by atoms with Crippen LogP contribution in [0.4, 0.5) is 10.1 Å². The fraction of sp³-hybridized carbons (Fsp3) is 0.0909. The number of amides is 1. The van der Waals surface area contributed by atoms with E-state index in [1.54, 1.807) is 13.1 Å². The average molecular weight is 428 g/mol. The second kappa shape index (κ2) is 7.65. The molecule has 1 amide bonds. The van der Waals surface area contributed by atoms with E-state index in [0.717, 1.165) is 11.1 Å². The lowest BCUT2D eigenvalue weighted by Crippen LogP contribution is -2.15. The molecule has 0 aliphatic rings. The number of halogens is 1. The van der Waals surface area contributed by atoms with Crippen molar-refractivity contribution in [2.45, 2.75) is 13.8 Å². The van der Waals surface area contributed by atoms with Gasteiger partial charge in [0.25, 0.3) is 5.91 Å². The third-order valence-electron chi connectivity index (χ3n) is 4.92. The summed E-state index contributed by atoms with van der Waals surface area (Å²) in [6, 6.07) is 10.8. The van der Waals surface area contributed by atoms with Crippen LogP contribution in [0.5, 0.6) is 0 Å². The van der Waals surface area contributed by atoms with Crippen LogP contribution in [0.15, 0.2) is 55.0 Å². The normalized spacial score (nSPS) is 11.1. The number of nitrogens with one attached hydrogen (secondary N) is 2. The molecule has 5 rings (SSSR count). The topological polar surface area (TPSA) is 114 Å². The maximum atomic E-state index is 14.7. The first-order valence-electron chi connectivity index (χ1n) is 9.76. The first-order valence-corrected chi connectivity index (χ1v) is 9.76. The number of aryl methyl sites for hydroxylation is 2. The zero-order chi connectivity index (χ0) is 22.2. The molecule has 4 aromatic heterocycles. The highest BCUT2D eigenvalue weighted by Crippen LogP contribution is 2.25. The summed E-state index contributed by atoms with van der Waals surface area (Å²) in [6.45, 7) is 3.60. The molecular formula is C22H17FN8O. The van der Waals surface area contributed by atoms with Crippen LogP contribution in [0.25, 0.3) is 28.3 Å². The fourth-order valence-corrected chi connectivity index (χ4v) is 3.34. The number of benzene rings is 1. The summed E-state index contributed by atoms with van der Waals surface area (Å²) in [5.74, 6) is -0.181. The van der Waals surface area contributed by atoms with Crippen LogP contribution in [-0.4, -0.2) is 40.7 Å². The van der Waals surface area contributed by atoms with E-state index >= 15 is 0 Å². The van der Waals surface area contributed by atoms with Crippen LogP contribution in [0.1, 0.15) is 21.9 Å². The minimum absolute atomic E-state index is 0.0225. The van der Waals surface area contributed by atoms with Gasteiger partial charge in [-0.15, -0.1) is 5.10 Å². The van der Waals surface area contributed by atoms with Gasteiger partial charge in [0.05, 0.1) is 29.3 Å². The number of carbonyl (C=O) groups is 1. The molecule has 9 nitrogen and oxygen atoms in total. The lowest BCUT2D eigenvalue weighted by Gasteiger charge is -2.08. The molecular weight excluding hydrogens is 411 g/mol. The molecule has 5 aromatic rings. The van der Waals surface area contributed by atoms with Crippen molar-refractivity contribution < 1.29 is 9.18 Å². The number of anilines is 1. The number of pyridine rings is 1. The van der Waals surface area contributed by atoms with Crippen molar-refractivity contribution in [2.75, 3.05) is 5.32 Å². The molecule has 32 heavy (non-hydrogen) atoms. The zero-order valence-electron chi connectivity index (χ0n) is 17.2. The Kier molecular flexibility index (Phi) is 4.66. The van der Waals surface area contributed by atoms with Crippen LogP contribution in [0.2, 0.25) is 0 Å². The molecule has 0 saturated heterocycles. The summed E-state index contributed by atoms with van der Waals surface area (Å²) in [5, 5.41) is 13.5. The Morgan fingerprint density at radius 1 is 1.12 bits per heavy atom. The molecule has 0 spiro atoms. The molecule has 0 aliphatic heterocycles. The molecule has 0 radical (unpaired) electrons. The number of fused-ring (bicyclic) bond motifs is 1. The highest BCUT2D eigenvalue weighted by atomic mass is 19.1. The second-order valence-electron chi connectivity index (χ2n) is 7.20. The predicted molar refractivity (Wildman–Crippen MR) is 115 cm³/mol. The molecule has 1 aromatic carbocycles. The van der Waals surface area contributed by atoms with Crippen LogP contribution in [0.3, 0.4) is 0 Å². The Morgan fingerprint density at radius 2 is 1.94 bits per heavy atom. The standard InChI is InChI=1S/C22H17FN8O/c1-12-9-24-13(2)26-19(12)15-10-25-29-20(15)22(32)27-17-8-18-28-21(14-6-4-3-5-7-14)30-31(18)11-16(17)23/h3-11H,1-2H3,(H,25,29)(H,27,32). The summed E-state index contributed by atoms with van der Waals surface area (Å²) in [6.07, 6.45) is 4.36. The maximum Gasteiger partial charge on any atom is 0.274 e. The van der Waals surface area contributed by atoms with Gasteiger partial charge in [0, 0.05) is 17.8 Å². The first-order chi connectivity index (χ1) is 15.5. The van der Waals surface area contributed by atoms with Crippen molar-refractivity contribution in [3.05, 3.63) is 77.9 Å². The van der Waals surface area contributed by atoms with Crippen LogP contribution < -0.4 is 5.32 Å². The summed E-state index contributed by atoms with van der Waals surface area (Å²) in [4.78, 5) is 25.9. The number of nitrogens with zero attached hydrogens (tertiary/aromatic N) is 6. The van der Waals surface area contributed by atoms with Gasteiger partial charge < -0.3 is 5.32 Å². The Balaban J connectivity index is 1.48. The van der Waals surface area contributed by atoms with Crippen molar-refractivity contribution >= 4 is 17.2 Å². The van der Waals surface area contributed by atoms with Crippen molar-refractivity contribution in [3.8, 4) is 22.6 Å². The van der Waals surface area contributed by atoms with Gasteiger partial charge in [0.1, 0.15) is 11.5 Å². The molecule has 0 aliphatic carbocycles. The summed E-state index contributed by atoms with van der Waals surface area (Å²) in [5.41, 5.74) is 3.21. The van der Waals surface area contributed by atoms with Crippen molar-refractivity contribution in [1.82, 2.24) is 34.8 Å². The van der Waals surface area contributed by atoms with Crippen molar-refractivity contribution in [2.24, 2.45) is 0 Å². The second-order valence-corrected chi connectivity index (χ2v) is 7.20. The zero-order valence-corrected chi connectivity index (χ0v) is 17.2. The molecule has 0 unspecified atom stereocenters. The van der Waals surface area contributed by atoms with Gasteiger partial charge in [-0.1, -0.05) is 30.3 Å². The van der Waals surface area contributed by atoms with Gasteiger partial charge >= 0.3 is 0 Å². The lowest BCUT2D eigenvalue weighted by molar-refractivity contribution is 0.102. The summed E-state index contributed by atoms with van der Waals surface area (Å²) in [7, 11) is 0. The fourth-order valence-electron chi connectivity index (χ4n) is 3.34. The van der Waals surface area contributed by atoms with Gasteiger partial charge in [-0.2, -0.15) is 5.10 Å². The monoisotopic (exact) mass is 428 g/mol. The summed E-state index contributed by atoms with van der Waals surface area (Å²) >= 11 is 0. The summed E-state index contributed by atoms with van der Waals surface area (Å²) < 4.78 is 16.1. The van der Waals surface area contributed by atoms with Gasteiger partial charge in [-0.3, -0.25) is 9.89 Å². The van der Waals surface area contributed by atoms with Gasteiger partial charge in [-0.05, 0) is 19.4 Å². The van der Waals surface area contributed by atoms with E-state index in [1.807, 2.05) is 37.3 Å². The average Bonchev–Trinajstić information content (AvgIpc) is 3.43. The third kappa shape index (κ3) is 3.47. The Hall–Kier alpha value is -4.47. The molecule has 0 saturated carbocycles. The number of hydrogen-bond acceptors (Lipinski definition) is 6. The lowest BCUT2D eigenvalue weighted by atomic mass is 10.1. The van der Waals surface area contributed by atoms with Gasteiger partial charge in [0.2, 0.25) is 0 Å². The number of carbonyl (C=O) groups excluding carboxylic acids is 1. The Morgan fingerprint density at radius 3 is 2.75 bits per heavy atom. The molecule has 158 valence electrons. The van der Waals surface area contributed by atoms with E-state index < -0.39 is 11.7 Å². The smallest absolute Gasteiger partial charge is 0.274 e. The molecule has 0 atom stereocenters. The maximum absolute atomic E-state index is 14.7. The van der Waals surface area contributed by atoms with E-state index in [-0.39, 0.29) is 11.4 Å². The number of hydrogen-bond donors (Lipinski definition) is 2. The van der Waals surface area contributed by atoms with Crippen LogP contribution in [-0.2, 0) is 0 Å². The highest BCUT2D eigenvalue weighted by molar-refractivity contribution is 6.07. The van der Waals surface area contributed by atoms with Crippen LogP contribution >= 0.6 is 0 Å². The number of H-pyrrole nitrogens is 1. The minimum Gasteiger partial charge on any atom is -0.318 e. The molecule has 4 heterocycles. The van der Waals surface area contributed by atoms with E-state index in [9.17, 15) is 9.18 Å². The molecule has 0 bridgehead atoms. The van der Waals surface area contributed by atoms with E-state index in [1.165, 1.54) is 23.0 Å². The Labute approximate surface area is 181 Å². The molecule has 2 N–H and O–H groups in total. The van der Waals surface area contributed by atoms with E-state index in [2.05, 4.69) is 35.6 Å². The number of rotatable bonds is 4. The molecule has 0 fully saturated rings. The van der Waals surface area contributed by atoms with Gasteiger partial charge in [0.15, 0.2) is 17.3 Å². The quantitative estimate of drug-likeness (QED) is 0.452. The number of aromatic nitrogens is 7. The number of aromatic amines is 1. The predicted octanol–water partition coefficient (Wildman–Crippen LogP) is 3.58. The highest BCUT2D eigenvalue weighted by Gasteiger charge is 2.20. The third-order valence-corrected chi connectivity index (χ3v) is 4.92.